The molecule has 0 aliphatic heterocycles. The molecule has 4 aromatic rings. The molecule has 0 unspecified atom stereocenters. The molecule has 160 valence electrons. The molecule has 0 spiro atoms. The summed E-state index contributed by atoms with van der Waals surface area (Å²) in [6, 6.07) is 20.0. The minimum Gasteiger partial charge on any atom is -0.465 e. The summed E-state index contributed by atoms with van der Waals surface area (Å²) in [5.41, 5.74) is 1.55. The number of rotatable bonds is 7. The van der Waals surface area contributed by atoms with E-state index in [4.69, 9.17) is 4.42 Å². The van der Waals surface area contributed by atoms with E-state index in [-0.39, 0.29) is 16.8 Å². The van der Waals surface area contributed by atoms with Gasteiger partial charge in [-0.3, -0.25) is 4.79 Å². The average Bonchev–Trinajstić information content (AvgIpc) is 3.32. The number of sulfonamides is 1. The smallest absolute Gasteiger partial charge is 0.264 e. The van der Waals surface area contributed by atoms with E-state index < -0.39 is 10.0 Å². The molecule has 0 saturated heterocycles. The molecule has 0 aliphatic rings. The molecular weight excluding hydrogens is 428 g/mol. The number of furan rings is 1. The lowest BCUT2D eigenvalue weighted by Gasteiger charge is -2.10. The third-order valence-electron chi connectivity index (χ3n) is 4.37. The second-order valence-electron chi connectivity index (χ2n) is 6.60. The Hall–Kier alpha value is -4.24. The monoisotopic (exact) mass is 446 g/mol. The van der Waals surface area contributed by atoms with Crippen LogP contribution in [0.1, 0.15) is 11.3 Å². The quantitative estimate of drug-likeness (QED) is 0.414. The number of nitrogens with one attached hydrogen (secondary N) is 2. The summed E-state index contributed by atoms with van der Waals surface area (Å²) in [5.74, 6) is 0.147. The van der Waals surface area contributed by atoms with Gasteiger partial charge in [-0.2, -0.15) is 0 Å². The second-order valence-corrected chi connectivity index (χ2v) is 8.28. The third-order valence-corrected chi connectivity index (χ3v) is 5.72. The number of carbonyl (C=O) groups is 1. The lowest BCUT2D eigenvalue weighted by Crippen LogP contribution is -2.16. The second kappa shape index (κ2) is 9.27. The number of hydrogen-bond donors (Lipinski definition) is 2. The summed E-state index contributed by atoms with van der Waals surface area (Å²) >= 11 is 0. The molecule has 0 atom stereocenters. The summed E-state index contributed by atoms with van der Waals surface area (Å²) in [5, 5.41) is 2.79. The molecule has 2 N–H and O–H groups in total. The zero-order chi connectivity index (χ0) is 22.4. The Morgan fingerprint density at radius 2 is 1.59 bits per heavy atom. The summed E-state index contributed by atoms with van der Waals surface area (Å²) in [7, 11) is -3.86. The first-order valence-electron chi connectivity index (χ1n) is 9.53. The molecule has 8 nitrogen and oxygen atoms in total. The van der Waals surface area contributed by atoms with Crippen molar-refractivity contribution in [3.8, 4) is 0 Å². The van der Waals surface area contributed by atoms with Crippen molar-refractivity contribution in [1.82, 2.24) is 9.97 Å². The largest absolute Gasteiger partial charge is 0.465 e. The number of aromatic nitrogens is 2. The summed E-state index contributed by atoms with van der Waals surface area (Å²) in [6.45, 7) is 0. The van der Waals surface area contributed by atoms with E-state index in [0.29, 0.717) is 22.6 Å². The van der Waals surface area contributed by atoms with Crippen molar-refractivity contribution >= 4 is 39.2 Å². The highest BCUT2D eigenvalue weighted by molar-refractivity contribution is 7.92. The molecule has 2 heterocycles. The van der Waals surface area contributed by atoms with Gasteiger partial charge < -0.3 is 9.73 Å². The maximum Gasteiger partial charge on any atom is 0.264 e. The van der Waals surface area contributed by atoms with Gasteiger partial charge in [0.1, 0.15) is 5.76 Å². The highest BCUT2D eigenvalue weighted by Crippen LogP contribution is 2.22. The molecule has 0 bridgehead atoms. The molecule has 0 fully saturated rings. The summed E-state index contributed by atoms with van der Waals surface area (Å²) in [4.78, 5) is 20.7. The van der Waals surface area contributed by atoms with Gasteiger partial charge in [0.2, 0.25) is 5.95 Å². The molecule has 0 aliphatic carbocycles. The van der Waals surface area contributed by atoms with Crippen LogP contribution in [0.15, 0.2) is 101 Å². The van der Waals surface area contributed by atoms with Crippen molar-refractivity contribution in [2.45, 2.75) is 4.90 Å². The number of hydrogen-bond acceptors (Lipinski definition) is 6. The number of amides is 1. The van der Waals surface area contributed by atoms with Gasteiger partial charge in [-0.15, -0.1) is 0 Å². The molecule has 0 radical (unpaired) electrons. The van der Waals surface area contributed by atoms with Crippen molar-refractivity contribution in [3.63, 3.8) is 0 Å². The van der Waals surface area contributed by atoms with Crippen molar-refractivity contribution in [2.75, 3.05) is 10.0 Å². The number of carbonyl (C=O) groups excluding carboxylic acids is 1. The van der Waals surface area contributed by atoms with E-state index >= 15 is 0 Å². The van der Waals surface area contributed by atoms with E-state index in [1.54, 1.807) is 24.3 Å². The molecule has 4 rings (SSSR count). The lowest BCUT2D eigenvalue weighted by atomic mass is 10.0. The van der Waals surface area contributed by atoms with Crippen LogP contribution in [0.2, 0.25) is 0 Å². The Kier molecular flexibility index (Phi) is 6.09. The summed E-state index contributed by atoms with van der Waals surface area (Å²) in [6.07, 6.45) is 6.04. The normalized spacial score (nSPS) is 11.7. The fraction of sp³-hybridized carbons (Fsp3) is 0. The lowest BCUT2D eigenvalue weighted by molar-refractivity contribution is -0.111. The average molecular weight is 446 g/mol. The minimum absolute atomic E-state index is 0.0114. The Morgan fingerprint density at radius 1 is 0.875 bits per heavy atom. The predicted molar refractivity (Wildman–Crippen MR) is 121 cm³/mol. The minimum atomic E-state index is -3.86. The molecule has 32 heavy (non-hydrogen) atoms. The first kappa shape index (κ1) is 21.0. The van der Waals surface area contributed by atoms with E-state index in [9.17, 15) is 13.2 Å². The number of benzene rings is 2. The fourth-order valence-electron chi connectivity index (χ4n) is 2.86. The van der Waals surface area contributed by atoms with Crippen LogP contribution in [0.4, 0.5) is 11.6 Å². The van der Waals surface area contributed by atoms with Gasteiger partial charge in [0.05, 0.1) is 16.7 Å². The SMILES string of the molecule is O=C(Nc1ccc(S(=O)(=O)Nc2ncccn2)cc1)/C(=C/c1ccco1)c1ccccc1. The topological polar surface area (TPSA) is 114 Å². The first-order chi connectivity index (χ1) is 15.5. The highest BCUT2D eigenvalue weighted by Gasteiger charge is 2.17. The van der Waals surface area contributed by atoms with Crippen LogP contribution in [0.3, 0.4) is 0 Å². The zero-order valence-electron chi connectivity index (χ0n) is 16.7. The van der Waals surface area contributed by atoms with Crippen LogP contribution < -0.4 is 10.0 Å². The van der Waals surface area contributed by atoms with Crippen molar-refractivity contribution < 1.29 is 17.6 Å². The van der Waals surface area contributed by atoms with E-state index in [0.717, 1.165) is 0 Å². The van der Waals surface area contributed by atoms with Crippen LogP contribution in [-0.4, -0.2) is 24.3 Å². The van der Waals surface area contributed by atoms with E-state index in [1.165, 1.54) is 42.9 Å². The molecule has 2 aromatic carbocycles. The predicted octanol–water partition coefficient (Wildman–Crippen LogP) is 4.05. The van der Waals surface area contributed by atoms with Crippen molar-refractivity contribution in [1.29, 1.82) is 0 Å². The molecule has 9 heteroatoms. The maximum absolute atomic E-state index is 13.0. The molecular formula is C23H18N4O4S. The van der Waals surface area contributed by atoms with Gasteiger partial charge in [-0.05, 0) is 54.1 Å². The van der Waals surface area contributed by atoms with Crippen LogP contribution in [0, 0.1) is 0 Å². The first-order valence-corrected chi connectivity index (χ1v) is 11.0. The van der Waals surface area contributed by atoms with Gasteiger partial charge in [0, 0.05) is 18.1 Å². The molecule has 2 aromatic heterocycles. The molecule has 0 saturated carbocycles. The van der Waals surface area contributed by atoms with E-state index in [1.807, 2.05) is 30.3 Å². The fourth-order valence-corrected chi connectivity index (χ4v) is 3.82. The Morgan fingerprint density at radius 3 is 2.25 bits per heavy atom. The number of anilines is 2. The highest BCUT2D eigenvalue weighted by atomic mass is 32.2. The van der Waals surface area contributed by atoms with Crippen LogP contribution in [0.25, 0.3) is 11.6 Å². The van der Waals surface area contributed by atoms with Gasteiger partial charge in [0.15, 0.2) is 0 Å². The van der Waals surface area contributed by atoms with E-state index in [2.05, 4.69) is 20.0 Å². The van der Waals surface area contributed by atoms with Crippen LogP contribution in [-0.2, 0) is 14.8 Å². The van der Waals surface area contributed by atoms with Gasteiger partial charge in [-0.25, -0.2) is 23.1 Å². The van der Waals surface area contributed by atoms with Gasteiger partial charge in [-0.1, -0.05) is 30.3 Å². The summed E-state index contributed by atoms with van der Waals surface area (Å²) < 4.78 is 32.7. The van der Waals surface area contributed by atoms with Crippen LogP contribution >= 0.6 is 0 Å². The Labute approximate surface area is 184 Å². The molecule has 1 amide bonds. The maximum atomic E-state index is 13.0. The zero-order valence-corrected chi connectivity index (χ0v) is 17.5. The van der Waals surface area contributed by atoms with Crippen LogP contribution in [0.5, 0.6) is 0 Å². The third kappa shape index (κ3) is 5.08. The Balaban J connectivity index is 1.53. The number of nitrogens with zero attached hydrogens (tertiary/aromatic N) is 2. The standard InChI is InChI=1S/C23H18N4O4S/c28-22(21(16-19-8-4-15-31-19)17-6-2-1-3-7-17)26-18-9-11-20(12-10-18)32(29,30)27-23-24-13-5-14-25-23/h1-16H,(H,26,28)(H,24,25,27)/b21-16+. The van der Waals surface area contributed by atoms with Crippen molar-refractivity contribution in [2.24, 2.45) is 0 Å². The van der Waals surface area contributed by atoms with Gasteiger partial charge in [0.25, 0.3) is 15.9 Å². The Bertz CT molecular complexity index is 1320. The van der Waals surface area contributed by atoms with Crippen molar-refractivity contribution in [3.05, 3.63) is 103 Å². The van der Waals surface area contributed by atoms with Gasteiger partial charge >= 0.3 is 0 Å².